The molecule has 0 bridgehead atoms. The van der Waals surface area contributed by atoms with E-state index in [9.17, 15) is 9.59 Å². The van der Waals surface area contributed by atoms with Gasteiger partial charge in [0, 0.05) is 12.7 Å². The van der Waals surface area contributed by atoms with Crippen molar-refractivity contribution >= 4 is 11.9 Å². The molecule has 0 atom stereocenters. The van der Waals surface area contributed by atoms with E-state index in [0.717, 1.165) is 11.3 Å². The van der Waals surface area contributed by atoms with Crippen LogP contribution in [-0.2, 0) is 20.7 Å². The Kier molecular flexibility index (Phi) is 8.47. The number of nitrogens with zero attached hydrogens (tertiary/aromatic N) is 1. The van der Waals surface area contributed by atoms with Crippen LogP contribution in [-0.4, -0.2) is 38.7 Å². The lowest BCUT2D eigenvalue weighted by atomic mass is 10.1. The molecule has 0 heterocycles. The van der Waals surface area contributed by atoms with Gasteiger partial charge < -0.3 is 20.1 Å². The van der Waals surface area contributed by atoms with E-state index in [0.29, 0.717) is 13.0 Å². The smallest absolute Gasteiger partial charge is 0.325 e. The number of nitriles is 1. The highest BCUT2D eigenvalue weighted by atomic mass is 16.5. The Morgan fingerprint density at radius 1 is 1.29 bits per heavy atom. The molecule has 1 aromatic rings. The lowest BCUT2D eigenvalue weighted by Gasteiger charge is -2.06. The first kappa shape index (κ1) is 19.0. The highest BCUT2D eigenvalue weighted by molar-refractivity contribution is 5.97. The Morgan fingerprint density at radius 3 is 2.58 bits per heavy atom. The highest BCUT2D eigenvalue weighted by Crippen LogP contribution is 2.11. The summed E-state index contributed by atoms with van der Waals surface area (Å²) in [5.41, 5.74) is 0.938. The van der Waals surface area contributed by atoms with E-state index in [-0.39, 0.29) is 18.7 Å². The third-order valence-electron chi connectivity index (χ3n) is 3.02. The second kappa shape index (κ2) is 10.7. The fourth-order valence-electron chi connectivity index (χ4n) is 1.80. The maximum Gasteiger partial charge on any atom is 0.325 e. The molecule has 1 aromatic carbocycles. The molecule has 0 saturated heterocycles. The SMILES string of the molecule is CCOC(=O)CN/C=C(/C#N)C(=O)NCCc1ccc(OC)cc1. The van der Waals surface area contributed by atoms with Crippen molar-refractivity contribution < 1.29 is 19.1 Å². The van der Waals surface area contributed by atoms with Crippen molar-refractivity contribution in [2.45, 2.75) is 13.3 Å². The van der Waals surface area contributed by atoms with Crippen molar-refractivity contribution in [1.29, 1.82) is 5.26 Å². The number of amides is 1. The lowest BCUT2D eigenvalue weighted by Crippen LogP contribution is -2.28. The molecular formula is C17H21N3O4. The summed E-state index contributed by atoms with van der Waals surface area (Å²) in [7, 11) is 1.60. The molecule has 0 saturated carbocycles. The zero-order chi connectivity index (χ0) is 17.8. The average Bonchev–Trinajstić information content (AvgIpc) is 2.59. The molecule has 0 aliphatic rings. The second-order valence-electron chi connectivity index (χ2n) is 4.71. The normalized spacial score (nSPS) is 10.5. The standard InChI is InChI=1S/C17H21N3O4/c1-3-24-16(21)12-19-11-14(10-18)17(22)20-9-8-13-4-6-15(23-2)7-5-13/h4-7,11,19H,3,8-9,12H2,1-2H3,(H,20,22)/b14-11-. The quantitative estimate of drug-likeness (QED) is 0.396. The van der Waals surface area contributed by atoms with Crippen molar-refractivity contribution in [2.75, 3.05) is 26.8 Å². The largest absolute Gasteiger partial charge is 0.497 e. The third kappa shape index (κ3) is 6.83. The number of hydrogen-bond donors (Lipinski definition) is 2. The first-order valence-corrected chi connectivity index (χ1v) is 7.51. The molecule has 0 aliphatic heterocycles. The van der Waals surface area contributed by atoms with Crippen LogP contribution in [0.5, 0.6) is 5.75 Å². The van der Waals surface area contributed by atoms with Gasteiger partial charge in [-0.05, 0) is 31.0 Å². The number of carbonyl (C=O) groups excluding carboxylic acids is 2. The van der Waals surface area contributed by atoms with Gasteiger partial charge in [0.1, 0.15) is 23.9 Å². The molecule has 7 nitrogen and oxygen atoms in total. The number of nitrogens with one attached hydrogen (secondary N) is 2. The van der Waals surface area contributed by atoms with Gasteiger partial charge >= 0.3 is 5.97 Å². The molecule has 128 valence electrons. The van der Waals surface area contributed by atoms with Gasteiger partial charge in [-0.1, -0.05) is 12.1 Å². The number of carbonyl (C=O) groups is 2. The fraction of sp³-hybridized carbons (Fsp3) is 0.353. The van der Waals surface area contributed by atoms with E-state index >= 15 is 0 Å². The Morgan fingerprint density at radius 2 is 2.00 bits per heavy atom. The van der Waals surface area contributed by atoms with E-state index < -0.39 is 11.9 Å². The molecule has 0 aliphatic carbocycles. The number of benzene rings is 1. The van der Waals surface area contributed by atoms with Crippen LogP contribution in [0, 0.1) is 11.3 Å². The van der Waals surface area contributed by atoms with E-state index in [4.69, 9.17) is 14.7 Å². The summed E-state index contributed by atoms with van der Waals surface area (Å²) >= 11 is 0. The summed E-state index contributed by atoms with van der Waals surface area (Å²) in [6, 6.07) is 9.30. The van der Waals surface area contributed by atoms with Gasteiger partial charge in [-0.25, -0.2) is 0 Å². The molecule has 0 radical (unpaired) electrons. The van der Waals surface area contributed by atoms with Crippen molar-refractivity contribution in [3.05, 3.63) is 41.6 Å². The number of esters is 1. The van der Waals surface area contributed by atoms with E-state index in [2.05, 4.69) is 10.6 Å². The highest BCUT2D eigenvalue weighted by Gasteiger charge is 2.08. The zero-order valence-corrected chi connectivity index (χ0v) is 13.8. The van der Waals surface area contributed by atoms with Crippen LogP contribution >= 0.6 is 0 Å². The molecule has 1 amide bonds. The summed E-state index contributed by atoms with van der Waals surface area (Å²) in [4.78, 5) is 23.0. The second-order valence-corrected chi connectivity index (χ2v) is 4.71. The number of hydrogen-bond acceptors (Lipinski definition) is 6. The molecule has 7 heteroatoms. The summed E-state index contributed by atoms with van der Waals surface area (Å²) in [6.07, 6.45) is 1.84. The minimum atomic E-state index is -0.498. The third-order valence-corrected chi connectivity index (χ3v) is 3.02. The van der Waals surface area contributed by atoms with Crippen LogP contribution in [0.1, 0.15) is 12.5 Å². The molecule has 24 heavy (non-hydrogen) atoms. The lowest BCUT2D eigenvalue weighted by molar-refractivity contribution is -0.141. The van der Waals surface area contributed by atoms with Crippen molar-refractivity contribution in [1.82, 2.24) is 10.6 Å². The Labute approximate surface area is 141 Å². The number of methoxy groups -OCH3 is 1. The first-order chi connectivity index (χ1) is 11.6. The van der Waals surface area contributed by atoms with Crippen LogP contribution in [0.4, 0.5) is 0 Å². The van der Waals surface area contributed by atoms with Gasteiger partial charge in [0.05, 0.1) is 13.7 Å². The summed E-state index contributed by atoms with van der Waals surface area (Å²) in [5.74, 6) is -0.182. The fourth-order valence-corrected chi connectivity index (χ4v) is 1.80. The predicted octanol–water partition coefficient (Wildman–Crippen LogP) is 0.914. The summed E-state index contributed by atoms with van der Waals surface area (Å²) in [6.45, 7) is 2.27. The van der Waals surface area contributed by atoms with Crippen molar-refractivity contribution in [2.24, 2.45) is 0 Å². The van der Waals surface area contributed by atoms with Gasteiger partial charge in [-0.15, -0.1) is 0 Å². The minimum Gasteiger partial charge on any atom is -0.497 e. The topological polar surface area (TPSA) is 100 Å². The zero-order valence-electron chi connectivity index (χ0n) is 13.8. The van der Waals surface area contributed by atoms with Crippen molar-refractivity contribution in [3.63, 3.8) is 0 Å². The summed E-state index contributed by atoms with van der Waals surface area (Å²) in [5, 5.41) is 14.2. The van der Waals surface area contributed by atoms with Gasteiger partial charge in [0.2, 0.25) is 0 Å². The molecule has 2 N–H and O–H groups in total. The van der Waals surface area contributed by atoms with Crippen LogP contribution in [0.2, 0.25) is 0 Å². The van der Waals surface area contributed by atoms with E-state index in [1.54, 1.807) is 20.1 Å². The van der Waals surface area contributed by atoms with Crippen LogP contribution in [0.3, 0.4) is 0 Å². The molecule has 0 unspecified atom stereocenters. The molecule has 0 aromatic heterocycles. The van der Waals surface area contributed by atoms with Gasteiger partial charge in [-0.2, -0.15) is 5.26 Å². The van der Waals surface area contributed by atoms with Crippen LogP contribution in [0.25, 0.3) is 0 Å². The first-order valence-electron chi connectivity index (χ1n) is 7.51. The maximum absolute atomic E-state index is 11.9. The Bertz CT molecular complexity index is 618. The van der Waals surface area contributed by atoms with Gasteiger partial charge in [-0.3, -0.25) is 9.59 Å². The van der Waals surface area contributed by atoms with Crippen molar-refractivity contribution in [3.8, 4) is 11.8 Å². The number of rotatable bonds is 9. The van der Waals surface area contributed by atoms with E-state index in [1.807, 2.05) is 24.3 Å². The maximum atomic E-state index is 11.9. The Hall–Kier alpha value is -3.01. The Balaban J connectivity index is 2.40. The molecule has 0 spiro atoms. The van der Waals surface area contributed by atoms with Crippen LogP contribution < -0.4 is 15.4 Å². The predicted molar refractivity (Wildman–Crippen MR) is 88.0 cm³/mol. The molecule has 1 rings (SSSR count). The molecule has 0 fully saturated rings. The average molecular weight is 331 g/mol. The van der Waals surface area contributed by atoms with Crippen LogP contribution in [0.15, 0.2) is 36.0 Å². The minimum absolute atomic E-state index is 0.0991. The summed E-state index contributed by atoms with van der Waals surface area (Å²) < 4.78 is 9.80. The van der Waals surface area contributed by atoms with Gasteiger partial charge in [0.25, 0.3) is 5.91 Å². The van der Waals surface area contributed by atoms with E-state index in [1.165, 1.54) is 6.20 Å². The van der Waals surface area contributed by atoms with Gasteiger partial charge in [0.15, 0.2) is 0 Å². The molecular weight excluding hydrogens is 310 g/mol. The monoisotopic (exact) mass is 331 g/mol. The number of ether oxygens (including phenoxy) is 2.